The highest BCUT2D eigenvalue weighted by atomic mass is 16.2. The normalized spacial score (nSPS) is 15.8. The average Bonchev–Trinajstić information content (AvgIpc) is 0.928. The largest absolute Gasteiger partial charge is 0.369 e. The van der Waals surface area contributed by atoms with Crippen LogP contribution in [0.4, 0.5) is 0 Å². The van der Waals surface area contributed by atoms with Crippen molar-refractivity contribution in [3.8, 4) is 0 Å². The second-order valence-electron chi connectivity index (χ2n) is 41.4. The number of nitrogens with two attached hydrogens (primary N) is 6. The molecule has 0 unspecified atom stereocenters. The molecule has 1 aliphatic rings. The van der Waals surface area contributed by atoms with Gasteiger partial charge in [-0.2, -0.15) is 0 Å². The minimum Gasteiger partial charge on any atom is -0.369 e. The smallest absolute Gasteiger partial charge is 0.224 e. The number of carbonyl (C=O) groups is 12. The number of allylic oxidation sites excluding steroid dienone is 4. The second-order valence-corrected chi connectivity index (χ2v) is 41.4. The monoisotopic (exact) mass is 1650 g/mol. The van der Waals surface area contributed by atoms with Gasteiger partial charge in [0.2, 0.25) is 70.9 Å². The van der Waals surface area contributed by atoms with Gasteiger partial charge >= 0.3 is 0 Å². The fourth-order valence-electron chi connectivity index (χ4n) is 14.2. The van der Waals surface area contributed by atoms with Gasteiger partial charge in [0.25, 0.3) is 0 Å². The molecule has 1 rings (SSSR count). The van der Waals surface area contributed by atoms with Gasteiger partial charge < -0.3 is 66.3 Å². The molecule has 12 atom stereocenters. The summed E-state index contributed by atoms with van der Waals surface area (Å²) in [4.78, 5) is 145. The van der Waals surface area contributed by atoms with Crippen LogP contribution in [0.3, 0.4) is 0 Å². The van der Waals surface area contributed by atoms with E-state index in [1.54, 1.807) is 18.2 Å². The summed E-state index contributed by atoms with van der Waals surface area (Å²) in [6.07, 6.45) is 18.0. The Morgan fingerprint density at radius 3 is 0.931 bits per heavy atom. The molecule has 686 valence electrons. The van der Waals surface area contributed by atoms with Crippen LogP contribution >= 0.6 is 0 Å². The van der Waals surface area contributed by atoms with E-state index in [0.29, 0.717) is 69.6 Å². The van der Waals surface area contributed by atoms with E-state index in [9.17, 15) is 57.5 Å². The maximum absolute atomic E-state index is 12.6. The summed E-state index contributed by atoms with van der Waals surface area (Å²) < 4.78 is 0. The Bertz CT molecular complexity index is 3110. The van der Waals surface area contributed by atoms with Crippen molar-refractivity contribution in [2.24, 2.45) is 134 Å². The first-order valence-corrected chi connectivity index (χ1v) is 42.4. The van der Waals surface area contributed by atoms with Gasteiger partial charge in [-0.05, 0) is 224 Å². The van der Waals surface area contributed by atoms with Gasteiger partial charge in [-0.3, -0.25) is 57.5 Å². The van der Waals surface area contributed by atoms with Gasteiger partial charge in [-0.25, -0.2) is 0 Å². The average molecular weight is 1650 g/mol. The van der Waals surface area contributed by atoms with Crippen molar-refractivity contribution in [2.75, 3.05) is 0 Å². The first kappa shape index (κ1) is 117. The molecular weight excluding hydrogens is 1470 g/mol. The molecular formula is C92H186N12O12. The highest BCUT2D eigenvalue weighted by molar-refractivity contribution is 5.91. The quantitative estimate of drug-likeness (QED) is 0.0257. The number of rotatable bonds is 38. The molecule has 0 aromatic carbocycles. The molecule has 0 spiro atoms. The molecule has 0 aliphatic heterocycles. The van der Waals surface area contributed by atoms with Gasteiger partial charge in [-0.15, -0.1) is 26.3 Å². The molecule has 24 nitrogen and oxygen atoms in total. The van der Waals surface area contributed by atoms with E-state index in [0.717, 1.165) is 44.1 Å². The number of primary amides is 6. The van der Waals surface area contributed by atoms with Crippen molar-refractivity contribution in [1.82, 2.24) is 31.9 Å². The minimum absolute atomic E-state index is 0. The van der Waals surface area contributed by atoms with Crippen LogP contribution in [0.5, 0.6) is 0 Å². The van der Waals surface area contributed by atoms with E-state index in [4.69, 9.17) is 34.4 Å². The predicted octanol–water partition coefficient (Wildman–Crippen LogP) is 16.0. The van der Waals surface area contributed by atoms with E-state index in [2.05, 4.69) is 79.0 Å². The van der Waals surface area contributed by atoms with Crippen LogP contribution in [0.2, 0.25) is 0 Å². The third-order valence-corrected chi connectivity index (χ3v) is 18.8. The molecule has 0 aromatic rings. The van der Waals surface area contributed by atoms with E-state index in [1.807, 2.05) is 201 Å². The lowest BCUT2D eigenvalue weighted by Gasteiger charge is -2.36. The fourth-order valence-corrected chi connectivity index (χ4v) is 14.2. The van der Waals surface area contributed by atoms with E-state index >= 15 is 0 Å². The van der Waals surface area contributed by atoms with Gasteiger partial charge in [0, 0.05) is 65.5 Å². The number of hydrogen-bond acceptors (Lipinski definition) is 12. The molecule has 1 fully saturated rings. The Balaban J connectivity index is -0.000000133. The molecule has 1 saturated carbocycles. The van der Waals surface area contributed by atoms with Crippen molar-refractivity contribution in [3.05, 3.63) is 50.1 Å². The molecule has 0 heterocycles. The zero-order valence-corrected chi connectivity index (χ0v) is 79.1. The Kier molecular flexibility index (Phi) is 54.4. The first-order chi connectivity index (χ1) is 52.3. The van der Waals surface area contributed by atoms with Crippen LogP contribution < -0.4 is 66.3 Å². The molecule has 18 N–H and O–H groups in total. The lowest BCUT2D eigenvalue weighted by atomic mass is 9.70. The van der Waals surface area contributed by atoms with Crippen molar-refractivity contribution in [2.45, 2.75) is 364 Å². The summed E-state index contributed by atoms with van der Waals surface area (Å²) in [5.74, 6) is -7.03. The van der Waals surface area contributed by atoms with Crippen molar-refractivity contribution in [3.63, 3.8) is 0 Å². The van der Waals surface area contributed by atoms with Crippen LogP contribution in [0.25, 0.3) is 0 Å². The summed E-state index contributed by atoms with van der Waals surface area (Å²) in [5, 5.41) is 17.7. The summed E-state index contributed by atoms with van der Waals surface area (Å²) in [5.41, 5.74) is 31.5. The summed E-state index contributed by atoms with van der Waals surface area (Å²) in [7, 11) is 0. The maximum atomic E-state index is 12.6. The van der Waals surface area contributed by atoms with Crippen LogP contribution in [-0.4, -0.2) is 104 Å². The standard InChI is InChI=1S/C17H30N2O2.C16H32N2O2.C15H30N2O2.C15H28N2O2.C15H26N2O2.C14H28N2O2.6H2/c1-5-8-13(15(18)20)14(11-12-9-6-7-10-12)16(21)19-17(2,3)4;1-8-9-11(13(17)19)12(10-15(2,3)4)14(20)18-16(5,6)7;1-8-9-10(12(16)18)11(14(2,3)4)13(19)17-15(5,6)7;2*1-7-8-11(13(16)18)12(9-10(2)3)14(19)17-15(4,5)6;1-7-8-10(12(15)17)11(9(2)3)13(18)16-14(4,5)6;;;;;;/h5,12-14H,1,6-11H2,2-4H3,(H2,18,20)(H,19,21);11-12H,8-10H2,1-7H3,(H2,17,19)(H,18,20);10-11H,8-9H2,1-7H3,(H2,16,18)(H,17,19);7,10-12H,1,8-9H2,2-6H3,(H2,16,18)(H,17,19);7,11-12H,1-2,8-9H2,3-6H3,(H2,16,18)(H,17,19);9-11H,7-8H2,1-6H3,(H2,15,17)(H,16,18);6*1H/t13-,14+;11-,12+;10-,11+;2*11-,12+;10-,11+;;;;;;/m000000....../s1. The third kappa shape index (κ3) is 55.3. The number of hydrogen-bond donors (Lipinski definition) is 12. The van der Waals surface area contributed by atoms with Crippen LogP contribution in [0.15, 0.2) is 50.1 Å². The highest BCUT2D eigenvalue weighted by Crippen LogP contribution is 2.38. The number of amides is 12. The van der Waals surface area contributed by atoms with Gasteiger partial charge in [-0.1, -0.05) is 159 Å². The first-order valence-electron chi connectivity index (χ1n) is 42.4. The molecule has 24 heteroatoms. The van der Waals surface area contributed by atoms with Gasteiger partial charge in [0.05, 0.1) is 47.3 Å². The Morgan fingerprint density at radius 2 is 0.655 bits per heavy atom. The number of nitrogens with one attached hydrogen (secondary N) is 6. The topological polar surface area (TPSA) is 433 Å². The maximum Gasteiger partial charge on any atom is 0.224 e. The van der Waals surface area contributed by atoms with Crippen LogP contribution in [0.1, 0.15) is 339 Å². The SMILES string of the molecule is C=CC[C@H](C(N)=O)[C@@H](CC(=C)C)C(=O)NC(C)(C)C.C=CC[C@H](C(N)=O)[C@@H](CC(C)C)C(=O)NC(C)(C)C.C=CC[C@H](C(N)=O)[C@@H](CC1CCCC1)C(=O)NC(C)(C)C.CCC[C@H](C(N)=O)[C@@H](CC(C)(C)C)C(=O)NC(C)(C)C.CCC[C@H](C(N)=O)[C@H](C(=O)NC(C)(C)C)C(C)(C)C.CCC[C@H](C(N)=O)[C@H](C(=O)NC(C)(C)C)C(C)C.[HH].[HH].[HH].[HH].[HH].[HH]. The van der Waals surface area contributed by atoms with Crippen molar-refractivity contribution in [1.29, 1.82) is 0 Å². The molecule has 0 radical (unpaired) electrons. The molecule has 0 bridgehead atoms. The van der Waals surface area contributed by atoms with Gasteiger partial charge in [0.1, 0.15) is 0 Å². The third-order valence-electron chi connectivity index (χ3n) is 18.8. The zero-order chi connectivity index (χ0) is 92.6. The number of carbonyl (C=O) groups excluding carboxylic acids is 12. The lowest BCUT2D eigenvalue weighted by molar-refractivity contribution is -0.139. The highest BCUT2D eigenvalue weighted by Gasteiger charge is 2.43. The summed E-state index contributed by atoms with van der Waals surface area (Å²) in [6, 6.07) is 0. The van der Waals surface area contributed by atoms with Crippen molar-refractivity contribution < 1.29 is 66.1 Å². The van der Waals surface area contributed by atoms with Crippen LogP contribution in [0, 0.1) is 99.6 Å². The zero-order valence-electron chi connectivity index (χ0n) is 79.1. The lowest BCUT2D eigenvalue weighted by Crippen LogP contribution is -2.51. The Hall–Kier alpha value is -7.40. The molecule has 116 heavy (non-hydrogen) atoms. The molecule has 0 aromatic heterocycles. The van der Waals surface area contributed by atoms with Crippen LogP contribution in [-0.2, 0) is 57.5 Å². The molecule has 1 aliphatic carbocycles. The molecule has 0 saturated heterocycles. The Labute approximate surface area is 713 Å². The van der Waals surface area contributed by atoms with Crippen molar-refractivity contribution >= 4 is 70.9 Å². The molecule has 12 amide bonds. The summed E-state index contributed by atoms with van der Waals surface area (Å²) >= 11 is 0. The predicted molar refractivity (Wildman–Crippen MR) is 490 cm³/mol. The second kappa shape index (κ2) is 53.9. The van der Waals surface area contributed by atoms with E-state index < -0.39 is 59.1 Å². The van der Waals surface area contributed by atoms with E-state index in [1.165, 1.54) is 12.8 Å². The van der Waals surface area contributed by atoms with E-state index in [-0.39, 0.29) is 141 Å². The Morgan fingerprint density at radius 1 is 0.379 bits per heavy atom. The minimum atomic E-state index is -0.545. The fraction of sp³-hybridized carbons (Fsp3) is 0.783. The van der Waals surface area contributed by atoms with Gasteiger partial charge in [0.15, 0.2) is 0 Å². The summed E-state index contributed by atoms with van der Waals surface area (Å²) in [6.45, 7) is 77.5.